The number of carbonyl (C=O) groups is 2. The van der Waals surface area contributed by atoms with Gasteiger partial charge in [-0.3, -0.25) is 14.6 Å². The van der Waals surface area contributed by atoms with Crippen LogP contribution in [0.1, 0.15) is 46.2 Å². The smallest absolute Gasteiger partial charge is 0.253 e. The van der Waals surface area contributed by atoms with Gasteiger partial charge in [-0.1, -0.05) is 42.5 Å². The van der Waals surface area contributed by atoms with Gasteiger partial charge in [-0.05, 0) is 37.6 Å². The molecule has 1 amide bonds. The molecule has 2 aromatic carbocycles. The Morgan fingerprint density at radius 1 is 0.889 bits per heavy atom. The van der Waals surface area contributed by atoms with E-state index in [1.54, 1.807) is 24.4 Å². The number of Topliss-reactive ketones (excluding diaryl/α,β-unsaturated/α-hetero) is 1. The maximum absolute atomic E-state index is 12.6. The molecule has 0 aliphatic rings. The fraction of sp³-hybridized carbons (Fsp3) is 0.136. The van der Waals surface area contributed by atoms with E-state index in [-0.39, 0.29) is 17.7 Å². The van der Waals surface area contributed by atoms with Crippen LogP contribution in [-0.4, -0.2) is 16.7 Å². The van der Waals surface area contributed by atoms with E-state index in [1.807, 2.05) is 49.4 Å². The lowest BCUT2D eigenvalue weighted by molar-refractivity contribution is 0.0938. The highest BCUT2D eigenvalue weighted by atomic mass is 16.1. The molecule has 1 aromatic heterocycles. The van der Waals surface area contributed by atoms with Crippen LogP contribution in [0.25, 0.3) is 0 Å². The molecule has 1 unspecified atom stereocenters. The Labute approximate surface area is 158 Å². The van der Waals surface area contributed by atoms with Crippen molar-refractivity contribution >= 4 is 23.1 Å². The molecule has 136 valence electrons. The largest absolute Gasteiger partial charge is 0.354 e. The average Bonchev–Trinajstić information content (AvgIpc) is 2.69. The highest BCUT2D eigenvalue weighted by Gasteiger charge is 2.12. The number of carbonyl (C=O) groups excluding carboxylic acids is 2. The highest BCUT2D eigenvalue weighted by Crippen LogP contribution is 2.19. The molecule has 0 bridgehead atoms. The molecular formula is C22H21N3O2. The molecule has 3 aromatic rings. The zero-order chi connectivity index (χ0) is 19.2. The van der Waals surface area contributed by atoms with Crippen molar-refractivity contribution in [2.45, 2.75) is 19.9 Å². The highest BCUT2D eigenvalue weighted by molar-refractivity contribution is 5.96. The first-order chi connectivity index (χ1) is 13.0. The van der Waals surface area contributed by atoms with Crippen molar-refractivity contribution in [3.63, 3.8) is 0 Å². The van der Waals surface area contributed by atoms with Gasteiger partial charge in [-0.25, -0.2) is 0 Å². The second kappa shape index (κ2) is 8.27. The first-order valence-corrected chi connectivity index (χ1v) is 8.72. The van der Waals surface area contributed by atoms with Crippen LogP contribution >= 0.6 is 0 Å². The second-order valence-electron chi connectivity index (χ2n) is 6.33. The summed E-state index contributed by atoms with van der Waals surface area (Å²) in [4.78, 5) is 28.2. The van der Waals surface area contributed by atoms with Crippen molar-refractivity contribution in [1.82, 2.24) is 10.3 Å². The van der Waals surface area contributed by atoms with Crippen molar-refractivity contribution in [3.8, 4) is 0 Å². The number of aromatic nitrogens is 1. The SMILES string of the molecule is CC(=O)c1cccc(Nc2cncc(C(=O)NC(C)c3ccccc3)c2)c1. The summed E-state index contributed by atoms with van der Waals surface area (Å²) in [7, 11) is 0. The first kappa shape index (κ1) is 18.3. The third-order valence-electron chi connectivity index (χ3n) is 4.21. The lowest BCUT2D eigenvalue weighted by atomic mass is 10.1. The van der Waals surface area contributed by atoms with Crippen LogP contribution in [0.3, 0.4) is 0 Å². The molecule has 1 atom stereocenters. The molecule has 27 heavy (non-hydrogen) atoms. The molecule has 0 radical (unpaired) electrons. The van der Waals surface area contributed by atoms with Crippen LogP contribution in [0.4, 0.5) is 11.4 Å². The van der Waals surface area contributed by atoms with E-state index >= 15 is 0 Å². The summed E-state index contributed by atoms with van der Waals surface area (Å²) in [6.07, 6.45) is 3.17. The van der Waals surface area contributed by atoms with E-state index in [0.29, 0.717) is 16.8 Å². The van der Waals surface area contributed by atoms with Crippen molar-refractivity contribution in [2.75, 3.05) is 5.32 Å². The lowest BCUT2D eigenvalue weighted by Gasteiger charge is -2.15. The number of benzene rings is 2. The van der Waals surface area contributed by atoms with Crippen molar-refractivity contribution in [3.05, 3.63) is 89.7 Å². The number of hydrogen-bond acceptors (Lipinski definition) is 4. The standard InChI is InChI=1S/C22H21N3O2/c1-15(17-7-4-3-5-8-17)24-22(27)19-12-21(14-23-13-19)25-20-10-6-9-18(11-20)16(2)26/h3-15,25H,1-2H3,(H,24,27). The number of nitrogens with zero attached hydrogens (tertiary/aromatic N) is 1. The summed E-state index contributed by atoms with van der Waals surface area (Å²) in [5.41, 5.74) is 3.56. The average molecular weight is 359 g/mol. The number of anilines is 2. The number of rotatable bonds is 6. The van der Waals surface area contributed by atoms with Gasteiger partial charge in [0.2, 0.25) is 0 Å². The normalized spacial score (nSPS) is 11.5. The molecule has 0 aliphatic heterocycles. The van der Waals surface area contributed by atoms with Crippen LogP contribution in [0.15, 0.2) is 73.1 Å². The number of ketones is 1. The Bertz CT molecular complexity index is 955. The molecule has 0 spiro atoms. The molecule has 0 saturated carbocycles. The molecule has 0 saturated heterocycles. The predicted molar refractivity (Wildman–Crippen MR) is 106 cm³/mol. The summed E-state index contributed by atoms with van der Waals surface area (Å²) in [6.45, 7) is 3.47. The fourth-order valence-electron chi connectivity index (χ4n) is 2.72. The van der Waals surface area contributed by atoms with Gasteiger partial charge in [0.05, 0.1) is 23.5 Å². The molecule has 0 aliphatic carbocycles. The second-order valence-corrected chi connectivity index (χ2v) is 6.33. The van der Waals surface area contributed by atoms with E-state index in [4.69, 9.17) is 0 Å². The van der Waals surface area contributed by atoms with Gasteiger partial charge in [0.15, 0.2) is 5.78 Å². The third-order valence-corrected chi connectivity index (χ3v) is 4.21. The summed E-state index contributed by atoms with van der Waals surface area (Å²) in [5, 5.41) is 6.16. The molecule has 3 rings (SSSR count). The van der Waals surface area contributed by atoms with Gasteiger partial charge in [0.1, 0.15) is 0 Å². The van der Waals surface area contributed by atoms with Gasteiger partial charge >= 0.3 is 0 Å². The minimum absolute atomic E-state index is 0.000182. The molecule has 5 heteroatoms. The van der Waals surface area contributed by atoms with Crippen molar-refractivity contribution in [1.29, 1.82) is 0 Å². The number of hydrogen-bond donors (Lipinski definition) is 2. The third kappa shape index (κ3) is 4.79. The van der Waals surface area contributed by atoms with Crippen molar-refractivity contribution in [2.24, 2.45) is 0 Å². The van der Waals surface area contributed by atoms with E-state index in [9.17, 15) is 9.59 Å². The topological polar surface area (TPSA) is 71.1 Å². The monoisotopic (exact) mass is 359 g/mol. The maximum atomic E-state index is 12.6. The van der Waals surface area contributed by atoms with Crippen LogP contribution < -0.4 is 10.6 Å². The van der Waals surface area contributed by atoms with Crippen LogP contribution in [-0.2, 0) is 0 Å². The Hall–Kier alpha value is -3.47. The Balaban J connectivity index is 1.72. The van der Waals surface area contributed by atoms with Crippen LogP contribution in [0.5, 0.6) is 0 Å². The fourth-order valence-corrected chi connectivity index (χ4v) is 2.72. The summed E-state index contributed by atoms with van der Waals surface area (Å²) >= 11 is 0. The maximum Gasteiger partial charge on any atom is 0.253 e. The van der Waals surface area contributed by atoms with Gasteiger partial charge < -0.3 is 10.6 Å². The number of pyridine rings is 1. The molecular weight excluding hydrogens is 338 g/mol. The summed E-state index contributed by atoms with van der Waals surface area (Å²) in [6, 6.07) is 18.6. The number of amides is 1. The van der Waals surface area contributed by atoms with Gasteiger partial charge in [0, 0.05) is 17.4 Å². The minimum Gasteiger partial charge on any atom is -0.354 e. The Morgan fingerprint density at radius 3 is 2.37 bits per heavy atom. The minimum atomic E-state index is -0.194. The molecule has 1 heterocycles. The van der Waals surface area contributed by atoms with E-state index in [0.717, 1.165) is 11.3 Å². The lowest BCUT2D eigenvalue weighted by Crippen LogP contribution is -2.26. The number of nitrogens with one attached hydrogen (secondary N) is 2. The summed E-state index contributed by atoms with van der Waals surface area (Å²) < 4.78 is 0. The predicted octanol–water partition coefficient (Wildman–Crippen LogP) is 4.52. The zero-order valence-corrected chi connectivity index (χ0v) is 15.3. The molecule has 5 nitrogen and oxygen atoms in total. The van der Waals surface area contributed by atoms with Crippen LogP contribution in [0.2, 0.25) is 0 Å². The Kier molecular flexibility index (Phi) is 5.61. The van der Waals surface area contributed by atoms with Gasteiger partial charge in [0.25, 0.3) is 5.91 Å². The van der Waals surface area contributed by atoms with Gasteiger partial charge in [-0.2, -0.15) is 0 Å². The van der Waals surface area contributed by atoms with E-state index < -0.39 is 0 Å². The zero-order valence-electron chi connectivity index (χ0n) is 15.3. The quantitative estimate of drug-likeness (QED) is 0.635. The van der Waals surface area contributed by atoms with Gasteiger partial charge in [-0.15, -0.1) is 0 Å². The molecule has 2 N–H and O–H groups in total. The van der Waals surface area contributed by atoms with E-state index in [1.165, 1.54) is 13.1 Å². The summed E-state index contributed by atoms with van der Waals surface area (Å²) in [5.74, 6) is -0.195. The molecule has 0 fully saturated rings. The Morgan fingerprint density at radius 2 is 1.63 bits per heavy atom. The van der Waals surface area contributed by atoms with Crippen molar-refractivity contribution < 1.29 is 9.59 Å². The van der Waals surface area contributed by atoms with Crippen LogP contribution in [0, 0.1) is 0 Å². The first-order valence-electron chi connectivity index (χ1n) is 8.72. The van der Waals surface area contributed by atoms with E-state index in [2.05, 4.69) is 15.6 Å².